The van der Waals surface area contributed by atoms with E-state index in [0.29, 0.717) is 12.3 Å². The summed E-state index contributed by atoms with van der Waals surface area (Å²) in [6.07, 6.45) is 11.6. The largest absolute Gasteiger partial charge is 0.427 e. The second-order valence-electron chi connectivity index (χ2n) is 6.84. The third kappa shape index (κ3) is 6.83. The van der Waals surface area contributed by atoms with E-state index in [1.165, 1.54) is 16.9 Å². The van der Waals surface area contributed by atoms with Crippen molar-refractivity contribution in [3.05, 3.63) is 82.7 Å². The SMILES string of the molecule is C#CCO/N=C/c1ccnc(C(Cc2cccc(S/C=C(/C)CC)c2)c2nnco2)c1. The van der Waals surface area contributed by atoms with Crippen molar-refractivity contribution in [3.63, 3.8) is 0 Å². The van der Waals surface area contributed by atoms with E-state index < -0.39 is 0 Å². The highest BCUT2D eigenvalue weighted by molar-refractivity contribution is 8.02. The molecule has 3 rings (SSSR count). The van der Waals surface area contributed by atoms with Crippen LogP contribution >= 0.6 is 11.8 Å². The molecular formula is C24H24N4O2S. The first-order valence-electron chi connectivity index (χ1n) is 9.91. The van der Waals surface area contributed by atoms with Crippen molar-refractivity contribution >= 4 is 18.0 Å². The molecular weight excluding hydrogens is 408 g/mol. The summed E-state index contributed by atoms with van der Waals surface area (Å²) in [6, 6.07) is 12.2. The number of thioether (sulfide) groups is 1. The van der Waals surface area contributed by atoms with Crippen LogP contribution in [0.25, 0.3) is 0 Å². The van der Waals surface area contributed by atoms with E-state index in [1.807, 2.05) is 12.1 Å². The van der Waals surface area contributed by atoms with Crippen LogP contribution in [0.15, 0.2) is 74.4 Å². The van der Waals surface area contributed by atoms with Gasteiger partial charge >= 0.3 is 0 Å². The third-order valence-corrected chi connectivity index (χ3v) is 5.60. The molecule has 7 heteroatoms. The van der Waals surface area contributed by atoms with Gasteiger partial charge in [0.05, 0.1) is 17.8 Å². The van der Waals surface area contributed by atoms with Crippen LogP contribution in [0.5, 0.6) is 0 Å². The fraction of sp³-hybridized carbons (Fsp3) is 0.250. The van der Waals surface area contributed by atoms with Gasteiger partial charge in [0.15, 0.2) is 6.61 Å². The molecule has 0 aliphatic rings. The minimum absolute atomic E-state index is 0.125. The lowest BCUT2D eigenvalue weighted by atomic mass is 9.95. The van der Waals surface area contributed by atoms with Gasteiger partial charge < -0.3 is 9.25 Å². The van der Waals surface area contributed by atoms with Crippen molar-refractivity contribution in [2.24, 2.45) is 5.16 Å². The molecule has 1 unspecified atom stereocenters. The number of allylic oxidation sites excluding steroid dienone is 1. The third-order valence-electron chi connectivity index (χ3n) is 4.55. The van der Waals surface area contributed by atoms with Crippen LogP contribution in [0, 0.1) is 12.3 Å². The van der Waals surface area contributed by atoms with Gasteiger partial charge in [-0.05, 0) is 60.6 Å². The average Bonchev–Trinajstić information content (AvgIpc) is 3.34. The highest BCUT2D eigenvalue weighted by Crippen LogP contribution is 2.29. The van der Waals surface area contributed by atoms with Crippen molar-refractivity contribution in [2.75, 3.05) is 6.61 Å². The van der Waals surface area contributed by atoms with Crippen molar-refractivity contribution in [2.45, 2.75) is 37.5 Å². The fourth-order valence-electron chi connectivity index (χ4n) is 2.79. The van der Waals surface area contributed by atoms with Gasteiger partial charge in [0.25, 0.3) is 0 Å². The molecule has 0 amide bonds. The maximum atomic E-state index is 5.54. The summed E-state index contributed by atoms with van der Waals surface area (Å²) in [7, 11) is 0. The Balaban J connectivity index is 1.84. The molecule has 3 aromatic rings. The first-order valence-corrected chi connectivity index (χ1v) is 10.8. The van der Waals surface area contributed by atoms with Gasteiger partial charge in [-0.25, -0.2) is 0 Å². The lowest BCUT2D eigenvalue weighted by Gasteiger charge is -2.14. The van der Waals surface area contributed by atoms with Crippen molar-refractivity contribution in [3.8, 4) is 12.3 Å². The Hall–Kier alpha value is -3.37. The molecule has 0 aliphatic carbocycles. The molecule has 0 saturated carbocycles. The predicted octanol–water partition coefficient (Wildman–Crippen LogP) is 5.23. The van der Waals surface area contributed by atoms with E-state index in [4.69, 9.17) is 15.7 Å². The number of benzene rings is 1. The van der Waals surface area contributed by atoms with E-state index in [-0.39, 0.29) is 12.5 Å². The smallest absolute Gasteiger partial charge is 0.225 e. The molecule has 0 N–H and O–H groups in total. The van der Waals surface area contributed by atoms with E-state index >= 15 is 0 Å². The number of hydrogen-bond donors (Lipinski definition) is 0. The Bertz CT molecular complexity index is 1070. The molecule has 0 radical (unpaired) electrons. The highest BCUT2D eigenvalue weighted by Gasteiger charge is 2.22. The molecule has 1 aromatic carbocycles. The van der Waals surface area contributed by atoms with Crippen molar-refractivity contribution < 1.29 is 9.25 Å². The van der Waals surface area contributed by atoms with E-state index in [0.717, 1.165) is 23.2 Å². The zero-order valence-electron chi connectivity index (χ0n) is 17.6. The number of terminal acetylenes is 1. The molecule has 0 saturated heterocycles. The van der Waals surface area contributed by atoms with Gasteiger partial charge in [-0.3, -0.25) is 4.98 Å². The summed E-state index contributed by atoms with van der Waals surface area (Å²) in [4.78, 5) is 10.7. The zero-order valence-corrected chi connectivity index (χ0v) is 18.4. The molecule has 158 valence electrons. The van der Waals surface area contributed by atoms with Gasteiger partial charge in [0.2, 0.25) is 12.3 Å². The maximum Gasteiger partial charge on any atom is 0.225 e. The topological polar surface area (TPSA) is 73.4 Å². The summed E-state index contributed by atoms with van der Waals surface area (Å²) in [5.41, 5.74) is 4.17. The lowest BCUT2D eigenvalue weighted by molar-refractivity contribution is 0.181. The summed E-state index contributed by atoms with van der Waals surface area (Å²) in [6.45, 7) is 4.42. The quantitative estimate of drug-likeness (QED) is 0.144. The molecule has 1 atom stereocenters. The van der Waals surface area contributed by atoms with Gasteiger partial charge in [-0.15, -0.1) is 16.6 Å². The molecule has 31 heavy (non-hydrogen) atoms. The summed E-state index contributed by atoms with van der Waals surface area (Å²) >= 11 is 1.73. The Kier molecular flexibility index (Phi) is 8.44. The fourth-order valence-corrected chi connectivity index (χ4v) is 3.67. The number of nitrogens with zero attached hydrogens (tertiary/aromatic N) is 4. The first-order chi connectivity index (χ1) is 15.2. The van der Waals surface area contributed by atoms with Crippen LogP contribution < -0.4 is 0 Å². The minimum atomic E-state index is -0.185. The Labute approximate surface area is 186 Å². The maximum absolute atomic E-state index is 5.54. The lowest BCUT2D eigenvalue weighted by Crippen LogP contribution is -2.08. The summed E-state index contributed by atoms with van der Waals surface area (Å²) in [5, 5.41) is 14.1. The number of hydrogen-bond acceptors (Lipinski definition) is 7. The van der Waals surface area contributed by atoms with Gasteiger partial charge in [-0.2, -0.15) is 0 Å². The molecule has 2 heterocycles. The van der Waals surface area contributed by atoms with Crippen LogP contribution in [-0.2, 0) is 11.3 Å². The second-order valence-corrected chi connectivity index (χ2v) is 7.79. The van der Waals surface area contributed by atoms with Gasteiger partial charge in [0.1, 0.15) is 0 Å². The van der Waals surface area contributed by atoms with Gasteiger partial charge in [0, 0.05) is 11.1 Å². The average molecular weight is 433 g/mol. The molecule has 0 spiro atoms. The molecule has 0 aliphatic heterocycles. The Morgan fingerprint density at radius 3 is 3.03 bits per heavy atom. The second kappa shape index (κ2) is 11.7. The Morgan fingerprint density at radius 1 is 1.35 bits per heavy atom. The summed E-state index contributed by atoms with van der Waals surface area (Å²) < 4.78 is 5.54. The molecule has 2 aromatic heterocycles. The molecule has 6 nitrogen and oxygen atoms in total. The molecule has 0 bridgehead atoms. The van der Waals surface area contributed by atoms with Crippen LogP contribution in [-0.4, -0.2) is 28.0 Å². The van der Waals surface area contributed by atoms with Gasteiger partial charge in [-0.1, -0.05) is 47.5 Å². The number of aromatic nitrogens is 3. The van der Waals surface area contributed by atoms with Crippen LogP contribution in [0.1, 0.15) is 48.9 Å². The first kappa shape index (κ1) is 22.3. The normalized spacial score (nSPS) is 12.6. The minimum Gasteiger partial charge on any atom is -0.427 e. The van der Waals surface area contributed by atoms with E-state index in [2.05, 4.69) is 69.8 Å². The van der Waals surface area contributed by atoms with Crippen LogP contribution in [0.2, 0.25) is 0 Å². The van der Waals surface area contributed by atoms with Crippen molar-refractivity contribution in [1.82, 2.24) is 15.2 Å². The van der Waals surface area contributed by atoms with Crippen molar-refractivity contribution in [1.29, 1.82) is 0 Å². The monoisotopic (exact) mass is 432 g/mol. The van der Waals surface area contributed by atoms with E-state index in [9.17, 15) is 0 Å². The Morgan fingerprint density at radius 2 is 2.26 bits per heavy atom. The number of rotatable bonds is 10. The zero-order chi connectivity index (χ0) is 21.9. The van der Waals surface area contributed by atoms with E-state index in [1.54, 1.807) is 24.2 Å². The number of oxime groups is 1. The highest BCUT2D eigenvalue weighted by atomic mass is 32.2. The van der Waals surface area contributed by atoms with Crippen LogP contribution in [0.4, 0.5) is 0 Å². The molecule has 0 fully saturated rings. The summed E-state index contributed by atoms with van der Waals surface area (Å²) in [5.74, 6) is 2.70. The standard InChI is InChI=1S/C24H24N4O2S/c1-4-11-30-27-15-20-9-10-25-23(14-20)22(24-28-26-17-29-24)13-19-7-6-8-21(12-19)31-16-18(3)5-2/h1,6-10,12,14-17,22H,5,11,13H2,2-3H3/b18-16-,27-15+. The number of pyridine rings is 1. The van der Waals surface area contributed by atoms with Crippen LogP contribution in [0.3, 0.4) is 0 Å². The predicted molar refractivity (Wildman–Crippen MR) is 123 cm³/mol.